The van der Waals surface area contributed by atoms with Crippen LogP contribution in [0.15, 0.2) is 0 Å². The first-order valence-corrected chi connectivity index (χ1v) is 6.75. The molecule has 0 rings (SSSR count). The summed E-state index contributed by atoms with van der Waals surface area (Å²) in [7, 11) is 1.64. The minimum absolute atomic E-state index is 0.0334. The maximum Gasteiger partial charge on any atom is 0.0864 e. The highest BCUT2D eigenvalue weighted by Crippen LogP contribution is 2.14. The Morgan fingerprint density at radius 1 is 1.31 bits per heavy atom. The fourth-order valence-electron chi connectivity index (χ4n) is 1.20. The van der Waals surface area contributed by atoms with Gasteiger partial charge in [-0.15, -0.1) is 0 Å². The van der Waals surface area contributed by atoms with Crippen LogP contribution in [-0.2, 0) is 9.47 Å². The monoisotopic (exact) mass is 251 g/mol. The highest BCUT2D eigenvalue weighted by molar-refractivity contribution is 7.99. The minimum Gasteiger partial charge on any atom is -0.390 e. The van der Waals surface area contributed by atoms with Crippen LogP contribution in [0.2, 0.25) is 0 Å². The summed E-state index contributed by atoms with van der Waals surface area (Å²) in [4.78, 5) is 0. The van der Waals surface area contributed by atoms with Gasteiger partial charge in [-0.05, 0) is 19.9 Å². The number of rotatable bonds is 10. The van der Waals surface area contributed by atoms with Gasteiger partial charge in [0.2, 0.25) is 0 Å². The van der Waals surface area contributed by atoms with Crippen molar-refractivity contribution in [2.75, 3.05) is 32.6 Å². The van der Waals surface area contributed by atoms with Gasteiger partial charge in [0.25, 0.3) is 0 Å². The van der Waals surface area contributed by atoms with Gasteiger partial charge in [0.05, 0.1) is 25.4 Å². The van der Waals surface area contributed by atoms with Crippen molar-refractivity contribution in [3.8, 4) is 0 Å². The molecule has 0 fully saturated rings. The standard InChI is InChI=1S/C11H25NO3S/c1-9(6-14-3)15-7-11(13)8-16-10(2)4-5-12/h9-11,13H,4-8,12H2,1-3H3. The molecule has 0 aromatic carbocycles. The van der Waals surface area contributed by atoms with Crippen LogP contribution in [0.3, 0.4) is 0 Å². The quantitative estimate of drug-likeness (QED) is 0.603. The second-order valence-corrected chi connectivity index (χ2v) is 5.45. The van der Waals surface area contributed by atoms with E-state index in [1.165, 1.54) is 0 Å². The number of hydrogen-bond acceptors (Lipinski definition) is 5. The van der Waals surface area contributed by atoms with Crippen LogP contribution in [0.25, 0.3) is 0 Å². The summed E-state index contributed by atoms with van der Waals surface area (Å²) < 4.78 is 10.4. The van der Waals surface area contributed by atoms with Gasteiger partial charge in [0, 0.05) is 18.1 Å². The van der Waals surface area contributed by atoms with E-state index in [0.717, 1.165) is 6.42 Å². The molecule has 0 amide bonds. The number of aliphatic hydroxyl groups is 1. The van der Waals surface area contributed by atoms with Crippen molar-refractivity contribution in [2.45, 2.75) is 37.7 Å². The Bertz CT molecular complexity index is 144. The highest BCUT2D eigenvalue weighted by Gasteiger charge is 2.10. The van der Waals surface area contributed by atoms with Crippen LogP contribution in [0.5, 0.6) is 0 Å². The predicted octanol–water partition coefficient (Wildman–Crippen LogP) is 0.869. The summed E-state index contributed by atoms with van der Waals surface area (Å²) in [6.45, 7) is 5.68. The fraction of sp³-hybridized carbons (Fsp3) is 1.00. The van der Waals surface area contributed by atoms with Crippen LogP contribution >= 0.6 is 11.8 Å². The predicted molar refractivity (Wildman–Crippen MR) is 68.9 cm³/mol. The normalized spacial score (nSPS) is 17.1. The first-order chi connectivity index (χ1) is 7.60. The molecule has 3 atom stereocenters. The second-order valence-electron chi connectivity index (χ2n) is 3.97. The van der Waals surface area contributed by atoms with Crippen LogP contribution in [0.1, 0.15) is 20.3 Å². The molecule has 0 bridgehead atoms. The fourth-order valence-corrected chi connectivity index (χ4v) is 2.15. The van der Waals surface area contributed by atoms with E-state index in [2.05, 4.69) is 6.92 Å². The number of ether oxygens (including phenoxy) is 2. The van der Waals surface area contributed by atoms with E-state index in [9.17, 15) is 5.11 Å². The van der Waals surface area contributed by atoms with Crippen molar-refractivity contribution in [2.24, 2.45) is 5.73 Å². The van der Waals surface area contributed by atoms with Gasteiger partial charge in [-0.3, -0.25) is 0 Å². The van der Waals surface area contributed by atoms with Gasteiger partial charge in [-0.1, -0.05) is 6.92 Å². The molecule has 16 heavy (non-hydrogen) atoms. The molecule has 4 nitrogen and oxygen atoms in total. The molecule has 0 aliphatic heterocycles. The van der Waals surface area contributed by atoms with Crippen molar-refractivity contribution in [3.05, 3.63) is 0 Å². The highest BCUT2D eigenvalue weighted by atomic mass is 32.2. The van der Waals surface area contributed by atoms with Crippen molar-refractivity contribution >= 4 is 11.8 Å². The van der Waals surface area contributed by atoms with Crippen molar-refractivity contribution in [1.29, 1.82) is 0 Å². The van der Waals surface area contributed by atoms with Crippen molar-refractivity contribution in [1.82, 2.24) is 0 Å². The van der Waals surface area contributed by atoms with Crippen LogP contribution in [0, 0.1) is 0 Å². The van der Waals surface area contributed by atoms with Crippen LogP contribution < -0.4 is 5.73 Å². The van der Waals surface area contributed by atoms with E-state index in [-0.39, 0.29) is 6.10 Å². The van der Waals surface area contributed by atoms with Gasteiger partial charge in [-0.2, -0.15) is 11.8 Å². The first-order valence-electron chi connectivity index (χ1n) is 5.70. The largest absolute Gasteiger partial charge is 0.390 e. The summed E-state index contributed by atoms with van der Waals surface area (Å²) in [6.07, 6.45) is 0.605. The summed E-state index contributed by atoms with van der Waals surface area (Å²) >= 11 is 1.73. The SMILES string of the molecule is COCC(C)OCC(O)CSC(C)CCN. The zero-order valence-corrected chi connectivity index (χ0v) is 11.3. The third-order valence-corrected chi connectivity index (χ3v) is 3.50. The van der Waals surface area contributed by atoms with E-state index in [0.29, 0.717) is 30.8 Å². The molecule has 5 heteroatoms. The Labute approximate surface area is 103 Å². The van der Waals surface area contributed by atoms with E-state index >= 15 is 0 Å². The molecule has 0 saturated heterocycles. The molecule has 3 N–H and O–H groups in total. The molecule has 0 saturated carbocycles. The smallest absolute Gasteiger partial charge is 0.0864 e. The van der Waals surface area contributed by atoms with Gasteiger partial charge in [0.15, 0.2) is 0 Å². The molecular formula is C11H25NO3S. The summed E-state index contributed by atoms with van der Waals surface area (Å²) in [5, 5.41) is 10.2. The van der Waals surface area contributed by atoms with E-state index in [4.69, 9.17) is 15.2 Å². The van der Waals surface area contributed by atoms with Crippen molar-refractivity contribution in [3.63, 3.8) is 0 Å². The lowest BCUT2D eigenvalue weighted by molar-refractivity contribution is -0.0257. The zero-order chi connectivity index (χ0) is 12.4. The maximum atomic E-state index is 9.67. The maximum absolute atomic E-state index is 9.67. The third-order valence-electron chi connectivity index (χ3n) is 2.12. The van der Waals surface area contributed by atoms with Gasteiger partial charge in [-0.25, -0.2) is 0 Å². The average Bonchev–Trinajstić information content (AvgIpc) is 2.24. The molecule has 0 radical (unpaired) electrons. The Hall–Kier alpha value is 0.190. The number of nitrogens with two attached hydrogens (primary N) is 1. The summed E-state index contributed by atoms with van der Waals surface area (Å²) in [6, 6.07) is 0. The Balaban J connectivity index is 3.46. The van der Waals surface area contributed by atoms with Gasteiger partial charge in [0.1, 0.15) is 0 Å². The molecule has 0 heterocycles. The number of thioether (sulfide) groups is 1. The lowest BCUT2D eigenvalue weighted by Crippen LogP contribution is -2.25. The van der Waals surface area contributed by atoms with Crippen molar-refractivity contribution < 1.29 is 14.6 Å². The Morgan fingerprint density at radius 2 is 2.00 bits per heavy atom. The molecule has 0 aliphatic rings. The molecule has 0 aromatic heterocycles. The summed E-state index contributed by atoms with van der Waals surface area (Å²) in [5.41, 5.74) is 5.45. The van der Waals surface area contributed by atoms with Crippen LogP contribution in [0.4, 0.5) is 0 Å². The van der Waals surface area contributed by atoms with E-state index in [1.807, 2.05) is 6.92 Å². The lowest BCUT2D eigenvalue weighted by atomic mass is 10.3. The molecule has 0 aromatic rings. The van der Waals surface area contributed by atoms with Gasteiger partial charge < -0.3 is 20.3 Å². The minimum atomic E-state index is -0.412. The second kappa shape index (κ2) is 10.4. The van der Waals surface area contributed by atoms with Crippen LogP contribution in [-0.4, -0.2) is 55.2 Å². The molecule has 0 aliphatic carbocycles. The first kappa shape index (κ1) is 16.2. The Morgan fingerprint density at radius 3 is 2.56 bits per heavy atom. The molecule has 0 spiro atoms. The summed E-state index contributed by atoms with van der Waals surface area (Å²) in [5.74, 6) is 0.695. The Kier molecular flexibility index (Phi) is 10.5. The molecular weight excluding hydrogens is 226 g/mol. The number of aliphatic hydroxyl groups excluding tert-OH is 1. The third kappa shape index (κ3) is 9.42. The topological polar surface area (TPSA) is 64.7 Å². The number of methoxy groups -OCH3 is 1. The lowest BCUT2D eigenvalue weighted by Gasteiger charge is -2.17. The average molecular weight is 251 g/mol. The molecule has 98 valence electrons. The molecule has 3 unspecified atom stereocenters. The van der Waals surface area contributed by atoms with E-state index < -0.39 is 6.10 Å². The van der Waals surface area contributed by atoms with Gasteiger partial charge >= 0.3 is 0 Å². The zero-order valence-electron chi connectivity index (χ0n) is 10.5. The van der Waals surface area contributed by atoms with E-state index in [1.54, 1.807) is 18.9 Å². The number of hydrogen-bond donors (Lipinski definition) is 2.